The highest BCUT2D eigenvalue weighted by atomic mass is 35.7. The lowest BCUT2D eigenvalue weighted by Crippen LogP contribution is -2.34. The summed E-state index contributed by atoms with van der Waals surface area (Å²) in [5.74, 6) is -1.90. The number of nitrogens with zero attached hydrogens (tertiary/aromatic N) is 1. The lowest BCUT2D eigenvalue weighted by atomic mass is 10.1. The predicted octanol–water partition coefficient (Wildman–Crippen LogP) is 2.01. The summed E-state index contributed by atoms with van der Waals surface area (Å²) >= 11 is 0. The van der Waals surface area contributed by atoms with Gasteiger partial charge in [-0.2, -0.15) is 0 Å². The zero-order valence-corrected chi connectivity index (χ0v) is 16.3. The van der Waals surface area contributed by atoms with Crippen LogP contribution in [0.15, 0.2) is 35.2 Å². The van der Waals surface area contributed by atoms with Gasteiger partial charge >= 0.3 is 5.97 Å². The van der Waals surface area contributed by atoms with Crippen LogP contribution in [-0.2, 0) is 28.7 Å². The second-order valence-electron chi connectivity index (χ2n) is 5.34. The van der Waals surface area contributed by atoms with E-state index in [0.29, 0.717) is 4.31 Å². The Morgan fingerprint density at radius 2 is 1.62 bits per heavy atom. The lowest BCUT2D eigenvalue weighted by Gasteiger charge is -2.21. The molecular weight excluding hydrogens is 406 g/mol. The van der Waals surface area contributed by atoms with Gasteiger partial charge in [0.1, 0.15) is 4.90 Å². The van der Waals surface area contributed by atoms with Crippen LogP contribution in [-0.4, -0.2) is 35.0 Å². The molecule has 2 aromatic rings. The van der Waals surface area contributed by atoms with Crippen LogP contribution in [0.4, 0.5) is 5.69 Å². The number of fused-ring (bicyclic) bond motifs is 1. The van der Waals surface area contributed by atoms with Crippen LogP contribution in [0.25, 0.3) is 10.8 Å². The Morgan fingerprint density at radius 1 is 1.00 bits per heavy atom. The molecule has 11 heteroatoms. The van der Waals surface area contributed by atoms with Crippen molar-refractivity contribution in [1.82, 2.24) is 0 Å². The quantitative estimate of drug-likeness (QED) is 0.423. The van der Waals surface area contributed by atoms with E-state index in [-0.39, 0.29) is 22.2 Å². The highest BCUT2D eigenvalue weighted by molar-refractivity contribution is 8.13. The van der Waals surface area contributed by atoms with Gasteiger partial charge in [0.2, 0.25) is 15.9 Å². The minimum Gasteiger partial charge on any atom is -0.425 e. The topological polar surface area (TPSA) is 115 Å². The number of carbonyl (C=O) groups excluding carboxylic acids is 2. The van der Waals surface area contributed by atoms with E-state index >= 15 is 0 Å². The highest BCUT2D eigenvalue weighted by Crippen LogP contribution is 2.39. The van der Waals surface area contributed by atoms with Gasteiger partial charge in [0, 0.05) is 35.3 Å². The fraction of sp³-hybridized carbons (Fsp3) is 0.200. The molecule has 0 bridgehead atoms. The Labute approximate surface area is 154 Å². The monoisotopic (exact) mass is 419 g/mol. The molecule has 140 valence electrons. The first-order valence-electron chi connectivity index (χ1n) is 7.03. The molecule has 0 aliphatic rings. The van der Waals surface area contributed by atoms with Crippen LogP contribution >= 0.6 is 10.7 Å². The van der Waals surface area contributed by atoms with Gasteiger partial charge in [-0.05, 0) is 12.1 Å². The van der Waals surface area contributed by atoms with Crippen LogP contribution < -0.4 is 9.04 Å². The van der Waals surface area contributed by atoms with Gasteiger partial charge in [-0.1, -0.05) is 18.2 Å². The Balaban J connectivity index is 2.96. The SMILES string of the molecule is CC(=O)Oc1c(S(=O)(=O)Cl)ccc2c(N(C(C)=O)S(C)(=O)=O)cccc12. The number of halogens is 1. The Kier molecular flexibility index (Phi) is 5.31. The van der Waals surface area contributed by atoms with Crippen molar-refractivity contribution >= 4 is 58.1 Å². The minimum absolute atomic E-state index is 0.00979. The summed E-state index contributed by atoms with van der Waals surface area (Å²) < 4.78 is 53.2. The van der Waals surface area contributed by atoms with Crippen LogP contribution in [0, 0.1) is 0 Å². The molecule has 0 N–H and O–H groups in total. The fourth-order valence-electron chi connectivity index (χ4n) is 2.49. The summed E-state index contributed by atoms with van der Waals surface area (Å²) in [5, 5.41) is 0.294. The maximum atomic E-state index is 12.0. The second-order valence-corrected chi connectivity index (χ2v) is 9.71. The molecule has 0 aliphatic carbocycles. The molecule has 0 saturated carbocycles. The first-order chi connectivity index (χ1) is 11.8. The zero-order chi connectivity index (χ0) is 19.9. The van der Waals surface area contributed by atoms with E-state index in [1.165, 1.54) is 24.3 Å². The molecule has 0 aromatic heterocycles. The van der Waals surface area contributed by atoms with E-state index in [9.17, 15) is 26.4 Å². The predicted molar refractivity (Wildman–Crippen MR) is 96.3 cm³/mol. The number of sulfonamides is 1. The molecule has 0 spiro atoms. The highest BCUT2D eigenvalue weighted by Gasteiger charge is 2.27. The van der Waals surface area contributed by atoms with Gasteiger partial charge in [0.25, 0.3) is 9.05 Å². The molecule has 0 heterocycles. The number of carbonyl (C=O) groups is 2. The molecule has 2 aromatic carbocycles. The number of rotatable bonds is 4. The van der Waals surface area contributed by atoms with Crippen molar-refractivity contribution in [3.8, 4) is 5.75 Å². The third-order valence-electron chi connectivity index (χ3n) is 3.30. The molecule has 2 rings (SSSR count). The Morgan fingerprint density at radius 3 is 2.08 bits per heavy atom. The van der Waals surface area contributed by atoms with Crippen LogP contribution in [0.3, 0.4) is 0 Å². The van der Waals surface area contributed by atoms with Crippen molar-refractivity contribution in [2.24, 2.45) is 0 Å². The molecule has 26 heavy (non-hydrogen) atoms. The third kappa shape index (κ3) is 3.97. The molecule has 0 fully saturated rings. The third-order valence-corrected chi connectivity index (χ3v) is 5.76. The molecule has 0 radical (unpaired) electrons. The van der Waals surface area contributed by atoms with Crippen molar-refractivity contribution in [3.05, 3.63) is 30.3 Å². The van der Waals surface area contributed by atoms with E-state index in [4.69, 9.17) is 15.4 Å². The van der Waals surface area contributed by atoms with E-state index in [1.54, 1.807) is 0 Å². The maximum Gasteiger partial charge on any atom is 0.308 e. The number of ether oxygens (including phenoxy) is 1. The normalized spacial score (nSPS) is 12.0. The second kappa shape index (κ2) is 6.86. The number of benzene rings is 2. The van der Waals surface area contributed by atoms with Crippen molar-refractivity contribution in [3.63, 3.8) is 0 Å². The van der Waals surface area contributed by atoms with E-state index in [0.717, 1.165) is 26.2 Å². The van der Waals surface area contributed by atoms with Crippen molar-refractivity contribution < 1.29 is 31.2 Å². The van der Waals surface area contributed by atoms with Gasteiger partial charge in [-0.3, -0.25) is 9.59 Å². The molecule has 0 atom stereocenters. The van der Waals surface area contributed by atoms with Gasteiger partial charge in [0.15, 0.2) is 5.75 Å². The molecule has 0 unspecified atom stereocenters. The standard InChI is InChI=1S/C15H14ClNO7S2/c1-9(18)17(25(3,20)21)13-6-4-5-12-11(13)7-8-14(26(16,22)23)15(12)24-10(2)19/h4-8H,1-3H3. The summed E-state index contributed by atoms with van der Waals surface area (Å²) in [6.45, 7) is 2.15. The summed E-state index contributed by atoms with van der Waals surface area (Å²) in [7, 11) is -2.81. The Bertz CT molecular complexity index is 1120. The lowest BCUT2D eigenvalue weighted by molar-refractivity contribution is -0.132. The van der Waals surface area contributed by atoms with Crippen molar-refractivity contribution in [2.45, 2.75) is 18.7 Å². The van der Waals surface area contributed by atoms with Crippen LogP contribution in [0.1, 0.15) is 13.8 Å². The van der Waals surface area contributed by atoms with E-state index in [1.807, 2.05) is 0 Å². The number of hydrogen-bond donors (Lipinski definition) is 0. The fourth-order valence-corrected chi connectivity index (χ4v) is 4.45. The zero-order valence-electron chi connectivity index (χ0n) is 13.9. The molecule has 8 nitrogen and oxygen atoms in total. The minimum atomic E-state index is -4.25. The summed E-state index contributed by atoms with van der Waals surface area (Å²) in [5.41, 5.74) is -0.00979. The van der Waals surface area contributed by atoms with Crippen molar-refractivity contribution in [2.75, 3.05) is 10.6 Å². The molecular formula is C15H14ClNO7S2. The Hall–Kier alpha value is -2.17. The molecule has 0 aliphatic heterocycles. The largest absolute Gasteiger partial charge is 0.425 e. The number of esters is 1. The van der Waals surface area contributed by atoms with Gasteiger partial charge in [-0.25, -0.2) is 21.1 Å². The van der Waals surface area contributed by atoms with Crippen molar-refractivity contribution in [1.29, 1.82) is 0 Å². The van der Waals surface area contributed by atoms with E-state index in [2.05, 4.69) is 0 Å². The van der Waals surface area contributed by atoms with Gasteiger partial charge in [-0.15, -0.1) is 0 Å². The average molecular weight is 420 g/mol. The molecule has 1 amide bonds. The first kappa shape index (κ1) is 20.1. The van der Waals surface area contributed by atoms with Gasteiger partial charge < -0.3 is 4.74 Å². The summed E-state index contributed by atoms with van der Waals surface area (Å²) in [4.78, 5) is 22.8. The van der Waals surface area contributed by atoms with E-state index < -0.39 is 35.8 Å². The first-order valence-corrected chi connectivity index (χ1v) is 11.2. The average Bonchev–Trinajstić information content (AvgIpc) is 2.44. The number of anilines is 1. The summed E-state index contributed by atoms with van der Waals surface area (Å²) in [6.07, 6.45) is 0.859. The maximum absolute atomic E-state index is 12.0. The molecule has 0 saturated heterocycles. The number of amides is 1. The van der Waals surface area contributed by atoms with Crippen LogP contribution in [0.5, 0.6) is 5.75 Å². The van der Waals surface area contributed by atoms with Crippen LogP contribution in [0.2, 0.25) is 0 Å². The summed E-state index contributed by atoms with van der Waals surface area (Å²) in [6, 6.07) is 6.55. The smallest absolute Gasteiger partial charge is 0.308 e. The van der Waals surface area contributed by atoms with Gasteiger partial charge in [0.05, 0.1) is 11.9 Å². The number of hydrogen-bond acceptors (Lipinski definition) is 7.